The van der Waals surface area contributed by atoms with Crippen LogP contribution in [0.1, 0.15) is 25.8 Å². The van der Waals surface area contributed by atoms with Crippen molar-refractivity contribution in [3.63, 3.8) is 0 Å². The van der Waals surface area contributed by atoms with Gasteiger partial charge in [-0.05, 0) is 32.3 Å². The molecule has 0 aliphatic rings. The van der Waals surface area contributed by atoms with E-state index in [9.17, 15) is 4.79 Å². The van der Waals surface area contributed by atoms with Gasteiger partial charge in [0, 0.05) is 11.6 Å². The highest BCUT2D eigenvalue weighted by Gasteiger charge is 2.19. The third kappa shape index (κ3) is 5.69. The minimum absolute atomic E-state index is 0.00613. The second kappa shape index (κ2) is 9.37. The number of benzene rings is 2. The maximum Gasteiger partial charge on any atom is 0.233 e. The van der Waals surface area contributed by atoms with Gasteiger partial charge in [-0.25, -0.2) is 4.98 Å². The van der Waals surface area contributed by atoms with Crippen LogP contribution in [0.5, 0.6) is 0 Å². The number of hydrogen-bond acceptors (Lipinski definition) is 4. The Bertz CT molecular complexity index is 851. The van der Waals surface area contributed by atoms with Crippen molar-refractivity contribution in [2.24, 2.45) is 0 Å². The smallest absolute Gasteiger partial charge is 0.233 e. The summed E-state index contributed by atoms with van der Waals surface area (Å²) >= 11 is 1.36. The van der Waals surface area contributed by atoms with Gasteiger partial charge in [-0.2, -0.15) is 0 Å². The minimum Gasteiger partial charge on any atom is -0.353 e. The van der Waals surface area contributed by atoms with Gasteiger partial charge in [-0.15, -0.1) is 5.10 Å². The molecule has 0 spiro atoms. The van der Waals surface area contributed by atoms with E-state index in [-0.39, 0.29) is 17.2 Å². The van der Waals surface area contributed by atoms with Gasteiger partial charge in [0.15, 0.2) is 5.82 Å². The maximum absolute atomic E-state index is 12.4. The molecule has 0 bridgehead atoms. The first-order valence-electron chi connectivity index (χ1n) is 9.10. The Hall–Kier alpha value is -2.60. The standard InChI is InChI=1S/C21H24N4OS/c1-15(13-14-17-9-5-3-6-10-17)22-20(26)16(2)27-21-23-19(24-25-21)18-11-7-4-8-12-18/h3-12,15-16H,13-14H2,1-2H3,(H,22,26)(H,23,24,25)/t15-,16+/m0/s1. The van der Waals surface area contributed by atoms with Gasteiger partial charge >= 0.3 is 0 Å². The first-order chi connectivity index (χ1) is 13.1. The Morgan fingerprint density at radius 1 is 1.07 bits per heavy atom. The van der Waals surface area contributed by atoms with Gasteiger partial charge < -0.3 is 5.32 Å². The number of hydrogen-bond donors (Lipinski definition) is 2. The normalized spacial score (nSPS) is 13.1. The molecule has 5 nitrogen and oxygen atoms in total. The first kappa shape index (κ1) is 19.2. The summed E-state index contributed by atoms with van der Waals surface area (Å²) in [5, 5.41) is 10.5. The molecular weight excluding hydrogens is 356 g/mol. The molecule has 6 heteroatoms. The number of thioether (sulfide) groups is 1. The lowest BCUT2D eigenvalue weighted by atomic mass is 10.1. The average molecular weight is 381 g/mol. The highest BCUT2D eigenvalue weighted by atomic mass is 32.2. The van der Waals surface area contributed by atoms with Crippen LogP contribution in [-0.2, 0) is 11.2 Å². The van der Waals surface area contributed by atoms with Crippen molar-refractivity contribution in [3.8, 4) is 11.4 Å². The van der Waals surface area contributed by atoms with Gasteiger partial charge in [0.1, 0.15) is 0 Å². The fourth-order valence-corrected chi connectivity index (χ4v) is 3.43. The Morgan fingerprint density at radius 3 is 2.44 bits per heavy atom. The molecule has 2 atom stereocenters. The van der Waals surface area contributed by atoms with Crippen LogP contribution in [0, 0.1) is 0 Å². The molecule has 3 aromatic rings. The third-order valence-corrected chi connectivity index (χ3v) is 5.22. The molecule has 27 heavy (non-hydrogen) atoms. The number of H-pyrrole nitrogens is 1. The zero-order valence-electron chi connectivity index (χ0n) is 15.6. The third-order valence-electron chi connectivity index (χ3n) is 4.26. The van der Waals surface area contributed by atoms with Gasteiger partial charge in [0.2, 0.25) is 11.1 Å². The number of carbonyl (C=O) groups is 1. The highest BCUT2D eigenvalue weighted by Crippen LogP contribution is 2.22. The lowest BCUT2D eigenvalue weighted by molar-refractivity contribution is -0.120. The highest BCUT2D eigenvalue weighted by molar-refractivity contribution is 8.00. The Kier molecular flexibility index (Phi) is 6.65. The Morgan fingerprint density at radius 2 is 1.74 bits per heavy atom. The predicted octanol–water partition coefficient (Wildman–Crippen LogP) is 4.09. The molecule has 0 radical (unpaired) electrons. The fourth-order valence-electron chi connectivity index (χ4n) is 2.70. The monoisotopic (exact) mass is 380 g/mol. The number of rotatable bonds is 8. The quantitative estimate of drug-likeness (QED) is 0.578. The second-order valence-electron chi connectivity index (χ2n) is 6.53. The van der Waals surface area contributed by atoms with Crippen LogP contribution in [-0.4, -0.2) is 32.4 Å². The van der Waals surface area contributed by atoms with Crippen molar-refractivity contribution in [1.82, 2.24) is 20.5 Å². The van der Waals surface area contributed by atoms with E-state index in [1.165, 1.54) is 17.3 Å². The molecule has 2 aromatic carbocycles. The van der Waals surface area contributed by atoms with E-state index in [1.54, 1.807) is 0 Å². The molecule has 3 rings (SSSR count). The molecule has 1 aromatic heterocycles. The van der Waals surface area contributed by atoms with Gasteiger partial charge in [-0.3, -0.25) is 9.89 Å². The second-order valence-corrected chi connectivity index (χ2v) is 7.83. The Labute approximate surface area is 164 Å². The summed E-state index contributed by atoms with van der Waals surface area (Å²) in [7, 11) is 0. The van der Waals surface area contributed by atoms with E-state index in [0.29, 0.717) is 11.0 Å². The summed E-state index contributed by atoms with van der Waals surface area (Å²) in [6, 6.07) is 20.2. The van der Waals surface area contributed by atoms with Gasteiger partial charge in [-0.1, -0.05) is 72.4 Å². The van der Waals surface area contributed by atoms with Gasteiger partial charge in [0.05, 0.1) is 5.25 Å². The fraction of sp³-hybridized carbons (Fsp3) is 0.286. The summed E-state index contributed by atoms with van der Waals surface area (Å²) in [5.74, 6) is 0.716. The van der Waals surface area contributed by atoms with Crippen molar-refractivity contribution < 1.29 is 4.79 Å². The SMILES string of the molecule is C[C@@H](CCc1ccccc1)NC(=O)[C@@H](C)Sc1n[nH]c(-c2ccccc2)n1. The number of aryl methyl sites for hydroxylation is 1. The van der Waals surface area contributed by atoms with Crippen molar-refractivity contribution >= 4 is 17.7 Å². The van der Waals surface area contributed by atoms with Crippen LogP contribution in [0.3, 0.4) is 0 Å². The lowest BCUT2D eigenvalue weighted by Crippen LogP contribution is -2.37. The van der Waals surface area contributed by atoms with E-state index in [1.807, 2.05) is 62.4 Å². The molecule has 0 fully saturated rings. The topological polar surface area (TPSA) is 70.7 Å². The predicted molar refractivity (Wildman–Crippen MR) is 110 cm³/mol. The summed E-state index contributed by atoms with van der Waals surface area (Å²) < 4.78 is 0. The molecule has 1 amide bonds. The molecule has 140 valence electrons. The van der Waals surface area contributed by atoms with E-state index in [4.69, 9.17) is 0 Å². The van der Waals surface area contributed by atoms with Crippen LogP contribution in [0.4, 0.5) is 0 Å². The van der Waals surface area contributed by atoms with E-state index >= 15 is 0 Å². The number of aromatic amines is 1. The molecule has 0 aliphatic carbocycles. The summed E-state index contributed by atoms with van der Waals surface area (Å²) in [6.45, 7) is 3.92. The van der Waals surface area contributed by atoms with Crippen LogP contribution >= 0.6 is 11.8 Å². The zero-order chi connectivity index (χ0) is 19.1. The average Bonchev–Trinajstić information content (AvgIpc) is 3.16. The van der Waals surface area contributed by atoms with E-state index < -0.39 is 0 Å². The van der Waals surface area contributed by atoms with Gasteiger partial charge in [0.25, 0.3) is 0 Å². The van der Waals surface area contributed by atoms with E-state index in [0.717, 1.165) is 18.4 Å². The molecule has 0 saturated carbocycles. The minimum atomic E-state index is -0.261. The molecule has 0 unspecified atom stereocenters. The van der Waals surface area contributed by atoms with Crippen molar-refractivity contribution in [1.29, 1.82) is 0 Å². The molecule has 0 saturated heterocycles. The van der Waals surface area contributed by atoms with Crippen molar-refractivity contribution in [3.05, 3.63) is 66.2 Å². The largest absolute Gasteiger partial charge is 0.353 e. The van der Waals surface area contributed by atoms with Crippen molar-refractivity contribution in [2.75, 3.05) is 0 Å². The maximum atomic E-state index is 12.4. The molecule has 2 N–H and O–H groups in total. The molecule has 0 aliphatic heterocycles. The number of carbonyl (C=O) groups excluding carboxylic acids is 1. The number of nitrogens with zero attached hydrogens (tertiary/aromatic N) is 2. The van der Waals surface area contributed by atoms with Crippen LogP contribution in [0.15, 0.2) is 65.8 Å². The number of nitrogens with one attached hydrogen (secondary N) is 2. The van der Waals surface area contributed by atoms with Crippen LogP contribution < -0.4 is 5.32 Å². The summed E-state index contributed by atoms with van der Waals surface area (Å²) in [5.41, 5.74) is 2.26. The number of aromatic nitrogens is 3. The van der Waals surface area contributed by atoms with E-state index in [2.05, 4.69) is 32.6 Å². The Balaban J connectivity index is 1.48. The summed E-state index contributed by atoms with van der Waals surface area (Å²) in [4.78, 5) is 16.9. The number of amides is 1. The van der Waals surface area contributed by atoms with Crippen LogP contribution in [0.2, 0.25) is 0 Å². The van der Waals surface area contributed by atoms with Crippen molar-refractivity contribution in [2.45, 2.75) is 43.1 Å². The van der Waals surface area contributed by atoms with Crippen LogP contribution in [0.25, 0.3) is 11.4 Å². The summed E-state index contributed by atoms with van der Waals surface area (Å²) in [6.07, 6.45) is 1.86. The zero-order valence-corrected chi connectivity index (χ0v) is 16.4. The molecular formula is C21H24N4OS. The first-order valence-corrected chi connectivity index (χ1v) is 9.98. The molecule has 1 heterocycles. The lowest BCUT2D eigenvalue weighted by Gasteiger charge is -2.16.